The zero-order chi connectivity index (χ0) is 23.1. The van der Waals surface area contributed by atoms with E-state index in [1.165, 1.54) is 6.26 Å². The van der Waals surface area contributed by atoms with Gasteiger partial charge in [0.15, 0.2) is 21.3 Å². The van der Waals surface area contributed by atoms with Crippen LogP contribution in [0.15, 0.2) is 42.5 Å². The van der Waals surface area contributed by atoms with E-state index in [1.54, 1.807) is 38.5 Å². The number of rotatable bonds is 9. The summed E-state index contributed by atoms with van der Waals surface area (Å²) in [6.07, 6.45) is 1.18. The average molecular weight is 463 g/mol. The van der Waals surface area contributed by atoms with Crippen molar-refractivity contribution in [3.05, 3.63) is 59.2 Å². The van der Waals surface area contributed by atoms with E-state index in [-0.39, 0.29) is 17.7 Å². The molecule has 1 aliphatic rings. The number of nitrogens with one attached hydrogen (secondary N) is 1. The monoisotopic (exact) mass is 462 g/mol. The second kappa shape index (κ2) is 10.8. The van der Waals surface area contributed by atoms with Gasteiger partial charge in [-0.2, -0.15) is 0 Å². The maximum Gasteiger partial charge on any atom is 0.251 e. The van der Waals surface area contributed by atoms with Gasteiger partial charge in [0.05, 0.1) is 39.2 Å². The highest BCUT2D eigenvalue weighted by atomic mass is 32.2. The first-order chi connectivity index (χ1) is 15.3. The number of hydrogen-bond acceptors (Lipinski definition) is 7. The fraction of sp³-hybridized carbons (Fsp3) is 0.435. The minimum Gasteiger partial charge on any atom is -0.493 e. The van der Waals surface area contributed by atoms with Crippen LogP contribution in [0.1, 0.15) is 27.5 Å². The van der Waals surface area contributed by atoms with Crippen molar-refractivity contribution in [2.45, 2.75) is 11.8 Å². The topological polar surface area (TPSA) is 94.2 Å². The third-order valence-electron chi connectivity index (χ3n) is 5.35. The molecule has 1 atom stereocenters. The Kier molecular flexibility index (Phi) is 8.11. The highest BCUT2D eigenvalue weighted by molar-refractivity contribution is 7.89. The zero-order valence-electron chi connectivity index (χ0n) is 18.7. The van der Waals surface area contributed by atoms with Crippen molar-refractivity contribution in [1.29, 1.82) is 0 Å². The summed E-state index contributed by atoms with van der Waals surface area (Å²) < 4.78 is 39.5. The molecule has 3 rings (SSSR count). The van der Waals surface area contributed by atoms with E-state index in [1.807, 2.05) is 18.2 Å². The fourth-order valence-corrected chi connectivity index (χ4v) is 4.59. The Morgan fingerprint density at radius 2 is 1.81 bits per heavy atom. The van der Waals surface area contributed by atoms with Crippen molar-refractivity contribution in [2.24, 2.45) is 0 Å². The van der Waals surface area contributed by atoms with Crippen LogP contribution >= 0.6 is 0 Å². The van der Waals surface area contributed by atoms with Crippen LogP contribution in [0.2, 0.25) is 0 Å². The summed E-state index contributed by atoms with van der Waals surface area (Å²) >= 11 is 0. The van der Waals surface area contributed by atoms with Gasteiger partial charge in [0.25, 0.3) is 5.91 Å². The van der Waals surface area contributed by atoms with E-state index < -0.39 is 9.84 Å². The van der Waals surface area contributed by atoms with E-state index in [0.717, 1.165) is 18.7 Å². The molecule has 2 aromatic rings. The zero-order valence-corrected chi connectivity index (χ0v) is 19.5. The summed E-state index contributed by atoms with van der Waals surface area (Å²) in [6.45, 7) is 3.14. The minimum atomic E-state index is -3.18. The normalized spacial score (nSPS) is 15.7. The molecule has 1 fully saturated rings. The van der Waals surface area contributed by atoms with E-state index in [4.69, 9.17) is 14.2 Å². The van der Waals surface area contributed by atoms with Crippen molar-refractivity contribution in [1.82, 2.24) is 10.2 Å². The summed E-state index contributed by atoms with van der Waals surface area (Å²) in [5.74, 6) is 0.918. The van der Waals surface area contributed by atoms with Crippen LogP contribution in [-0.4, -0.2) is 72.5 Å². The van der Waals surface area contributed by atoms with Gasteiger partial charge in [-0.3, -0.25) is 9.69 Å². The number of benzene rings is 2. The maximum absolute atomic E-state index is 12.9. The summed E-state index contributed by atoms with van der Waals surface area (Å²) in [7, 11) is 0.00561. The Balaban J connectivity index is 1.79. The lowest BCUT2D eigenvalue weighted by atomic mass is 10.0. The molecule has 1 amide bonds. The van der Waals surface area contributed by atoms with Gasteiger partial charge in [-0.05, 0) is 35.4 Å². The largest absolute Gasteiger partial charge is 0.493 e. The molecule has 1 heterocycles. The first-order valence-electron chi connectivity index (χ1n) is 10.4. The molecule has 9 heteroatoms. The van der Waals surface area contributed by atoms with E-state index in [0.29, 0.717) is 42.4 Å². The second-order valence-electron chi connectivity index (χ2n) is 7.76. The van der Waals surface area contributed by atoms with Crippen molar-refractivity contribution in [3.8, 4) is 11.5 Å². The lowest BCUT2D eigenvalue weighted by Crippen LogP contribution is -2.43. The van der Waals surface area contributed by atoms with E-state index in [9.17, 15) is 13.2 Å². The number of methoxy groups -OCH3 is 2. The Hall–Kier alpha value is -2.62. The molecule has 0 radical (unpaired) electrons. The molecule has 0 aromatic heterocycles. The number of amides is 1. The molecule has 0 saturated carbocycles. The number of ether oxygens (including phenoxy) is 3. The smallest absolute Gasteiger partial charge is 0.251 e. The number of hydrogen-bond donors (Lipinski definition) is 1. The lowest BCUT2D eigenvalue weighted by Gasteiger charge is -2.35. The standard InChI is InChI=1S/C23H30N2O6S/c1-29-21-8-7-18(14-22(21)30-2)20(25-9-11-31-12-10-25)15-24-23(26)19-6-4-5-17(13-19)16-32(3,27)28/h4-8,13-14,20H,9-12,15-16H2,1-3H3,(H,24,26)/t20-/m1/s1. The highest BCUT2D eigenvalue weighted by Gasteiger charge is 2.24. The number of morpholine rings is 1. The summed E-state index contributed by atoms with van der Waals surface area (Å²) in [6, 6.07) is 12.4. The Morgan fingerprint density at radius 1 is 1.09 bits per heavy atom. The van der Waals surface area contributed by atoms with E-state index in [2.05, 4.69) is 10.2 Å². The Morgan fingerprint density at radius 3 is 2.47 bits per heavy atom. The van der Waals surface area contributed by atoms with Gasteiger partial charge in [0, 0.05) is 31.5 Å². The molecular formula is C23H30N2O6S. The summed E-state index contributed by atoms with van der Waals surface area (Å²) in [5, 5.41) is 3.01. The van der Waals surface area contributed by atoms with Gasteiger partial charge in [-0.15, -0.1) is 0 Å². The molecule has 174 valence electrons. The van der Waals surface area contributed by atoms with Crippen molar-refractivity contribution >= 4 is 15.7 Å². The van der Waals surface area contributed by atoms with Gasteiger partial charge in [-0.25, -0.2) is 8.42 Å². The lowest BCUT2D eigenvalue weighted by molar-refractivity contribution is 0.0162. The van der Waals surface area contributed by atoms with Crippen molar-refractivity contribution in [2.75, 3.05) is 53.3 Å². The van der Waals surface area contributed by atoms with E-state index >= 15 is 0 Å². The minimum absolute atomic E-state index is 0.0816. The summed E-state index contributed by atoms with van der Waals surface area (Å²) in [5.41, 5.74) is 2.01. The fourth-order valence-electron chi connectivity index (χ4n) is 3.80. The number of sulfone groups is 1. The molecule has 32 heavy (non-hydrogen) atoms. The average Bonchev–Trinajstić information content (AvgIpc) is 2.78. The van der Waals surface area contributed by atoms with Gasteiger partial charge in [0.1, 0.15) is 0 Å². The van der Waals surface area contributed by atoms with Crippen molar-refractivity contribution in [3.63, 3.8) is 0 Å². The second-order valence-corrected chi connectivity index (χ2v) is 9.90. The van der Waals surface area contributed by atoms with Crippen LogP contribution < -0.4 is 14.8 Å². The van der Waals surface area contributed by atoms with Crippen LogP contribution in [0, 0.1) is 0 Å². The van der Waals surface area contributed by atoms with Gasteiger partial charge in [0.2, 0.25) is 0 Å². The predicted molar refractivity (Wildman–Crippen MR) is 122 cm³/mol. The van der Waals surface area contributed by atoms with Crippen LogP contribution in [-0.2, 0) is 20.3 Å². The first-order valence-corrected chi connectivity index (χ1v) is 12.5. The van der Waals surface area contributed by atoms with Crippen LogP contribution in [0.5, 0.6) is 11.5 Å². The van der Waals surface area contributed by atoms with Gasteiger partial charge in [-0.1, -0.05) is 18.2 Å². The van der Waals surface area contributed by atoms with Crippen LogP contribution in [0.3, 0.4) is 0 Å². The number of nitrogens with zero attached hydrogens (tertiary/aromatic N) is 1. The maximum atomic E-state index is 12.9. The SMILES string of the molecule is COc1ccc([C@@H](CNC(=O)c2cccc(CS(C)(=O)=O)c2)N2CCOCC2)cc1OC. The highest BCUT2D eigenvalue weighted by Crippen LogP contribution is 2.32. The molecule has 1 aliphatic heterocycles. The number of carbonyl (C=O) groups is 1. The quantitative estimate of drug-likeness (QED) is 0.610. The third-order valence-corrected chi connectivity index (χ3v) is 6.21. The number of carbonyl (C=O) groups excluding carboxylic acids is 1. The molecular weight excluding hydrogens is 432 g/mol. The first kappa shape index (κ1) is 24.0. The molecule has 2 aromatic carbocycles. The molecule has 1 saturated heterocycles. The van der Waals surface area contributed by atoms with Crippen LogP contribution in [0.4, 0.5) is 0 Å². The third kappa shape index (κ3) is 6.44. The van der Waals surface area contributed by atoms with Gasteiger partial charge >= 0.3 is 0 Å². The Bertz CT molecular complexity index is 1030. The summed E-state index contributed by atoms with van der Waals surface area (Å²) in [4.78, 5) is 15.1. The molecule has 8 nitrogen and oxygen atoms in total. The van der Waals surface area contributed by atoms with Gasteiger partial charge < -0.3 is 19.5 Å². The molecule has 1 N–H and O–H groups in total. The molecule has 0 bridgehead atoms. The predicted octanol–water partition coefficient (Wildman–Crippen LogP) is 2.05. The Labute approximate surface area is 189 Å². The molecule has 0 aliphatic carbocycles. The molecule has 0 spiro atoms. The van der Waals surface area contributed by atoms with Crippen molar-refractivity contribution < 1.29 is 27.4 Å². The molecule has 0 unspecified atom stereocenters. The van der Waals surface area contributed by atoms with Crippen LogP contribution in [0.25, 0.3) is 0 Å².